The van der Waals surface area contributed by atoms with Gasteiger partial charge in [0.25, 0.3) is 0 Å². The number of thioether (sulfide) groups is 1. The topological polar surface area (TPSA) is 84.0 Å². The molecule has 31 heavy (non-hydrogen) atoms. The van der Waals surface area contributed by atoms with E-state index in [1.165, 1.54) is 18.9 Å². The van der Waals surface area contributed by atoms with Crippen LogP contribution < -0.4 is 4.74 Å². The molecule has 1 amide bonds. The molecule has 1 N–H and O–H groups in total. The number of aromatic amines is 1. The van der Waals surface area contributed by atoms with E-state index in [0.717, 1.165) is 16.5 Å². The zero-order valence-corrected chi connectivity index (χ0v) is 18.1. The zero-order chi connectivity index (χ0) is 21.8. The number of esters is 1. The lowest BCUT2D eigenvalue weighted by Crippen LogP contribution is -2.34. The first-order valence-electron chi connectivity index (χ1n) is 9.92. The molecule has 0 saturated carbocycles. The molecule has 0 bridgehead atoms. The number of nitrogens with one attached hydrogen (secondary N) is 1. The number of aromatic nitrogens is 1. The van der Waals surface area contributed by atoms with Gasteiger partial charge in [0, 0.05) is 23.6 Å². The summed E-state index contributed by atoms with van der Waals surface area (Å²) >= 11 is 1.29. The van der Waals surface area contributed by atoms with Crippen molar-refractivity contribution in [3.8, 4) is 5.75 Å². The predicted molar refractivity (Wildman–Crippen MR) is 122 cm³/mol. The van der Waals surface area contributed by atoms with Gasteiger partial charge in [-0.3, -0.25) is 14.5 Å². The fourth-order valence-electron chi connectivity index (χ4n) is 3.56. The van der Waals surface area contributed by atoms with Gasteiger partial charge in [-0.25, -0.2) is 4.99 Å². The van der Waals surface area contributed by atoms with Crippen molar-refractivity contribution in [3.05, 3.63) is 60.3 Å². The normalized spacial score (nSPS) is 17.5. The van der Waals surface area contributed by atoms with Crippen LogP contribution in [0.2, 0.25) is 0 Å². The number of ether oxygens (including phenoxy) is 2. The average molecular weight is 438 g/mol. The molecule has 1 aliphatic heterocycles. The molecule has 1 saturated heterocycles. The standard InChI is InChI=1S/C23H23N3O4S/c1-29-19-10-6-5-9-18(19)25-23-26(22(28)20(31-23)13-21(27)30-2)12-11-15-14-24-17-8-4-3-7-16(15)17/h3-10,14,20,24H,11-13H2,1-2H3/t20-/m0/s1. The Balaban J connectivity index is 1.61. The number of fused-ring (bicyclic) bond motifs is 1. The molecule has 2 heterocycles. The number of para-hydroxylation sites is 3. The van der Waals surface area contributed by atoms with Crippen LogP contribution in [0.5, 0.6) is 5.75 Å². The van der Waals surface area contributed by atoms with Crippen molar-refractivity contribution in [1.82, 2.24) is 9.88 Å². The molecule has 8 heteroatoms. The van der Waals surface area contributed by atoms with Crippen LogP contribution in [0.3, 0.4) is 0 Å². The average Bonchev–Trinajstić information content (AvgIpc) is 3.33. The minimum Gasteiger partial charge on any atom is -0.494 e. The second-order valence-corrected chi connectivity index (χ2v) is 8.22. The number of methoxy groups -OCH3 is 2. The number of carbonyl (C=O) groups is 2. The second-order valence-electron chi connectivity index (χ2n) is 7.05. The number of carbonyl (C=O) groups excluding carboxylic acids is 2. The first-order valence-corrected chi connectivity index (χ1v) is 10.8. The summed E-state index contributed by atoms with van der Waals surface area (Å²) in [5.41, 5.74) is 2.82. The molecule has 1 aromatic heterocycles. The zero-order valence-electron chi connectivity index (χ0n) is 17.3. The Hall–Kier alpha value is -3.26. The Bertz CT molecular complexity index is 1140. The molecular formula is C23H23N3O4S. The summed E-state index contributed by atoms with van der Waals surface area (Å²) in [5.74, 6) is 0.0703. The SMILES string of the molecule is COC(=O)C[C@@H]1SC(=Nc2ccccc2OC)N(CCc2c[nH]c3ccccc23)C1=O. The monoisotopic (exact) mass is 437 g/mol. The number of rotatable bonds is 7. The maximum atomic E-state index is 13.1. The van der Waals surface area contributed by atoms with Crippen LogP contribution in [0.25, 0.3) is 10.9 Å². The van der Waals surface area contributed by atoms with E-state index in [-0.39, 0.29) is 12.3 Å². The molecule has 1 fully saturated rings. The van der Waals surface area contributed by atoms with Gasteiger partial charge >= 0.3 is 5.97 Å². The van der Waals surface area contributed by atoms with Crippen LogP contribution in [0.4, 0.5) is 5.69 Å². The lowest BCUT2D eigenvalue weighted by atomic mass is 10.1. The lowest BCUT2D eigenvalue weighted by Gasteiger charge is -2.16. The van der Waals surface area contributed by atoms with E-state index in [0.29, 0.717) is 29.6 Å². The van der Waals surface area contributed by atoms with E-state index < -0.39 is 11.2 Å². The van der Waals surface area contributed by atoms with Gasteiger partial charge < -0.3 is 14.5 Å². The number of amidine groups is 1. The third kappa shape index (κ3) is 4.44. The van der Waals surface area contributed by atoms with E-state index in [1.54, 1.807) is 12.0 Å². The van der Waals surface area contributed by atoms with E-state index in [1.807, 2.05) is 48.7 Å². The molecule has 7 nitrogen and oxygen atoms in total. The molecule has 0 unspecified atom stereocenters. The van der Waals surface area contributed by atoms with Gasteiger partial charge in [-0.2, -0.15) is 0 Å². The fourth-order valence-corrected chi connectivity index (χ4v) is 4.72. The smallest absolute Gasteiger partial charge is 0.307 e. The van der Waals surface area contributed by atoms with Crippen molar-refractivity contribution < 1.29 is 19.1 Å². The highest BCUT2D eigenvalue weighted by Gasteiger charge is 2.39. The Morgan fingerprint density at radius 3 is 2.74 bits per heavy atom. The fraction of sp³-hybridized carbons (Fsp3) is 0.261. The van der Waals surface area contributed by atoms with Crippen LogP contribution in [0.1, 0.15) is 12.0 Å². The summed E-state index contributed by atoms with van der Waals surface area (Å²) in [4.78, 5) is 34.6. The maximum absolute atomic E-state index is 13.1. The number of hydrogen-bond acceptors (Lipinski definition) is 6. The highest BCUT2D eigenvalue weighted by Crippen LogP contribution is 2.35. The first kappa shape index (κ1) is 21.0. The third-order valence-electron chi connectivity index (χ3n) is 5.18. The number of nitrogens with zero attached hydrogens (tertiary/aromatic N) is 2. The van der Waals surface area contributed by atoms with Crippen LogP contribution in [0.15, 0.2) is 59.7 Å². The molecule has 0 radical (unpaired) electrons. The van der Waals surface area contributed by atoms with Crippen molar-refractivity contribution in [2.75, 3.05) is 20.8 Å². The molecule has 0 aliphatic carbocycles. The summed E-state index contributed by atoms with van der Waals surface area (Å²) in [7, 11) is 2.91. The van der Waals surface area contributed by atoms with Gasteiger partial charge in [0.15, 0.2) is 5.17 Å². The van der Waals surface area contributed by atoms with Crippen LogP contribution in [0, 0.1) is 0 Å². The summed E-state index contributed by atoms with van der Waals surface area (Å²) in [6.45, 7) is 0.458. The van der Waals surface area contributed by atoms with E-state index in [4.69, 9.17) is 14.5 Å². The number of H-pyrrole nitrogens is 1. The Morgan fingerprint density at radius 2 is 1.94 bits per heavy atom. The van der Waals surface area contributed by atoms with Crippen molar-refractivity contribution in [2.24, 2.45) is 4.99 Å². The second kappa shape index (κ2) is 9.26. The number of hydrogen-bond donors (Lipinski definition) is 1. The largest absolute Gasteiger partial charge is 0.494 e. The number of amides is 1. The van der Waals surface area contributed by atoms with Gasteiger partial charge in [0.1, 0.15) is 16.7 Å². The minimum absolute atomic E-state index is 0.00846. The first-order chi connectivity index (χ1) is 15.1. The minimum atomic E-state index is -0.552. The Kier molecular flexibility index (Phi) is 6.27. The summed E-state index contributed by atoms with van der Waals surface area (Å²) < 4.78 is 10.2. The van der Waals surface area contributed by atoms with Gasteiger partial charge in [-0.05, 0) is 30.2 Å². The van der Waals surface area contributed by atoms with Gasteiger partial charge in [-0.1, -0.05) is 42.1 Å². The number of benzene rings is 2. The van der Waals surface area contributed by atoms with Crippen molar-refractivity contribution in [2.45, 2.75) is 18.1 Å². The van der Waals surface area contributed by atoms with E-state index >= 15 is 0 Å². The van der Waals surface area contributed by atoms with Crippen molar-refractivity contribution >= 4 is 45.4 Å². The molecule has 0 spiro atoms. The Morgan fingerprint density at radius 1 is 1.16 bits per heavy atom. The molecule has 3 aromatic rings. The Labute approximate surface area is 184 Å². The van der Waals surface area contributed by atoms with Gasteiger partial charge in [0.05, 0.1) is 20.6 Å². The quantitative estimate of drug-likeness (QED) is 0.567. The van der Waals surface area contributed by atoms with Crippen LogP contribution in [-0.2, 0) is 20.7 Å². The van der Waals surface area contributed by atoms with E-state index in [9.17, 15) is 9.59 Å². The summed E-state index contributed by atoms with van der Waals surface area (Å²) in [6.07, 6.45) is 2.64. The van der Waals surface area contributed by atoms with Crippen LogP contribution in [-0.4, -0.2) is 52.9 Å². The third-order valence-corrected chi connectivity index (χ3v) is 6.36. The molecular weight excluding hydrogens is 414 g/mol. The molecule has 4 rings (SSSR count). The number of aliphatic imine (C=N–C) groups is 1. The van der Waals surface area contributed by atoms with Gasteiger partial charge in [-0.15, -0.1) is 0 Å². The lowest BCUT2D eigenvalue weighted by molar-refractivity contribution is -0.142. The molecule has 2 aromatic carbocycles. The van der Waals surface area contributed by atoms with E-state index in [2.05, 4.69) is 11.1 Å². The molecule has 160 valence electrons. The highest BCUT2D eigenvalue weighted by atomic mass is 32.2. The molecule has 1 atom stereocenters. The highest BCUT2D eigenvalue weighted by molar-refractivity contribution is 8.15. The molecule has 1 aliphatic rings. The summed E-state index contributed by atoms with van der Waals surface area (Å²) in [5, 5.41) is 1.14. The van der Waals surface area contributed by atoms with Crippen molar-refractivity contribution in [1.29, 1.82) is 0 Å². The van der Waals surface area contributed by atoms with Crippen LogP contribution >= 0.6 is 11.8 Å². The predicted octanol–water partition coefficient (Wildman–Crippen LogP) is 3.91. The van der Waals surface area contributed by atoms with Gasteiger partial charge in [0.2, 0.25) is 5.91 Å². The van der Waals surface area contributed by atoms with Crippen molar-refractivity contribution in [3.63, 3.8) is 0 Å². The maximum Gasteiger partial charge on any atom is 0.307 e. The summed E-state index contributed by atoms with van der Waals surface area (Å²) in [6, 6.07) is 15.5.